The van der Waals surface area contributed by atoms with E-state index in [2.05, 4.69) is 32.7 Å². The van der Waals surface area contributed by atoms with Gasteiger partial charge in [-0.05, 0) is 40.2 Å². The molecule has 2 aromatic rings. The second-order valence-electron chi connectivity index (χ2n) is 6.09. The van der Waals surface area contributed by atoms with Gasteiger partial charge in [0.25, 0.3) is 0 Å². The van der Waals surface area contributed by atoms with Crippen LogP contribution in [-0.4, -0.2) is 37.1 Å². The van der Waals surface area contributed by atoms with Crippen molar-refractivity contribution in [3.63, 3.8) is 0 Å². The van der Waals surface area contributed by atoms with Gasteiger partial charge in [-0.25, -0.2) is 0 Å². The third-order valence-corrected chi connectivity index (χ3v) is 6.14. The van der Waals surface area contributed by atoms with Crippen LogP contribution in [0.1, 0.15) is 23.8 Å². The normalized spacial score (nSPS) is 19.1. The van der Waals surface area contributed by atoms with E-state index in [-0.39, 0.29) is 18.5 Å². The quantitative estimate of drug-likeness (QED) is 0.806. The Morgan fingerprint density at radius 3 is 2.88 bits per heavy atom. The van der Waals surface area contributed by atoms with E-state index in [4.69, 9.17) is 9.47 Å². The molecule has 25 heavy (non-hydrogen) atoms. The molecule has 0 bridgehead atoms. The number of amides is 1. The number of hydrogen-bond donors (Lipinski definition) is 1. The van der Waals surface area contributed by atoms with Crippen LogP contribution in [0.4, 0.5) is 5.69 Å². The Labute approximate surface area is 159 Å². The molecule has 0 aliphatic carbocycles. The Morgan fingerprint density at radius 1 is 1.32 bits per heavy atom. The maximum Gasteiger partial charge on any atom is 0.242 e. The number of carbonyl (C=O) groups excluding carboxylic acids is 1. The molecule has 1 saturated heterocycles. The van der Waals surface area contributed by atoms with Crippen molar-refractivity contribution in [1.29, 1.82) is 0 Å². The number of nitrogens with zero attached hydrogens (tertiary/aromatic N) is 1. The molecule has 1 fully saturated rings. The van der Waals surface area contributed by atoms with Gasteiger partial charge in [-0.15, -0.1) is 11.3 Å². The molecule has 7 heteroatoms. The van der Waals surface area contributed by atoms with Crippen LogP contribution < -0.4 is 14.8 Å². The van der Waals surface area contributed by atoms with E-state index >= 15 is 0 Å². The molecule has 132 valence electrons. The maximum absolute atomic E-state index is 12.7. The lowest BCUT2D eigenvalue weighted by molar-refractivity contribution is -0.130. The van der Waals surface area contributed by atoms with Crippen molar-refractivity contribution in [1.82, 2.24) is 4.90 Å². The second-order valence-corrected chi connectivity index (χ2v) is 7.92. The van der Waals surface area contributed by atoms with E-state index in [0.29, 0.717) is 19.0 Å². The van der Waals surface area contributed by atoms with Gasteiger partial charge in [0.1, 0.15) is 13.2 Å². The summed E-state index contributed by atoms with van der Waals surface area (Å²) in [7, 11) is 0. The van der Waals surface area contributed by atoms with Crippen LogP contribution in [-0.2, 0) is 4.79 Å². The van der Waals surface area contributed by atoms with Crippen molar-refractivity contribution in [2.45, 2.75) is 18.9 Å². The van der Waals surface area contributed by atoms with E-state index in [0.717, 1.165) is 35.3 Å². The second kappa shape index (κ2) is 7.25. The number of likely N-dealkylation sites (tertiary alicyclic amines) is 1. The minimum atomic E-state index is 0.123. The third kappa shape index (κ3) is 3.48. The molecular formula is C18H19BrN2O3S. The standard InChI is InChI=1S/C18H19BrN2O3S/c19-12-9-15-16(24-7-6-23-15)10-13(12)20-11-18(22)21-5-1-3-14(21)17-4-2-8-25-17/h2,4,8-10,14,20H,1,3,5-7,11H2. The highest BCUT2D eigenvalue weighted by Crippen LogP contribution is 2.38. The van der Waals surface area contributed by atoms with Gasteiger partial charge in [0.05, 0.1) is 18.3 Å². The van der Waals surface area contributed by atoms with Gasteiger partial charge in [0, 0.05) is 28.0 Å². The minimum Gasteiger partial charge on any atom is -0.486 e. The zero-order valence-electron chi connectivity index (χ0n) is 13.7. The Morgan fingerprint density at radius 2 is 2.12 bits per heavy atom. The Bertz CT molecular complexity index is 766. The minimum absolute atomic E-state index is 0.123. The molecule has 3 heterocycles. The number of rotatable bonds is 4. The summed E-state index contributed by atoms with van der Waals surface area (Å²) in [6.45, 7) is 2.19. The molecule has 2 aliphatic heterocycles. The van der Waals surface area contributed by atoms with Crippen molar-refractivity contribution < 1.29 is 14.3 Å². The van der Waals surface area contributed by atoms with E-state index in [9.17, 15) is 4.79 Å². The molecule has 0 radical (unpaired) electrons. The molecule has 5 nitrogen and oxygen atoms in total. The van der Waals surface area contributed by atoms with E-state index < -0.39 is 0 Å². The number of hydrogen-bond acceptors (Lipinski definition) is 5. The van der Waals surface area contributed by atoms with Crippen LogP contribution in [0.3, 0.4) is 0 Å². The molecule has 1 atom stereocenters. The summed E-state index contributed by atoms with van der Waals surface area (Å²) in [4.78, 5) is 16.0. The fourth-order valence-corrected chi connectivity index (χ4v) is 4.65. The van der Waals surface area contributed by atoms with Crippen LogP contribution in [0.5, 0.6) is 11.5 Å². The highest BCUT2D eigenvalue weighted by atomic mass is 79.9. The number of halogens is 1. The average molecular weight is 423 g/mol. The first-order valence-corrected chi connectivity index (χ1v) is 10.1. The fraction of sp³-hybridized carbons (Fsp3) is 0.389. The molecule has 4 rings (SSSR count). The number of ether oxygens (including phenoxy) is 2. The van der Waals surface area contributed by atoms with Gasteiger partial charge in [0.2, 0.25) is 5.91 Å². The monoisotopic (exact) mass is 422 g/mol. The van der Waals surface area contributed by atoms with Crippen molar-refractivity contribution >= 4 is 38.9 Å². The molecule has 1 unspecified atom stereocenters. The number of thiophene rings is 1. The molecule has 0 spiro atoms. The molecule has 1 N–H and O–H groups in total. The first kappa shape index (κ1) is 16.7. The van der Waals surface area contributed by atoms with Gasteiger partial charge in [-0.2, -0.15) is 0 Å². The van der Waals surface area contributed by atoms with Crippen molar-refractivity contribution in [2.24, 2.45) is 0 Å². The van der Waals surface area contributed by atoms with Crippen molar-refractivity contribution in [3.05, 3.63) is 39.0 Å². The van der Waals surface area contributed by atoms with Crippen LogP contribution in [0.2, 0.25) is 0 Å². The van der Waals surface area contributed by atoms with Crippen LogP contribution in [0, 0.1) is 0 Å². The van der Waals surface area contributed by atoms with Gasteiger partial charge in [0.15, 0.2) is 11.5 Å². The third-order valence-electron chi connectivity index (χ3n) is 4.51. The molecule has 1 aromatic carbocycles. The van der Waals surface area contributed by atoms with Gasteiger partial charge >= 0.3 is 0 Å². The van der Waals surface area contributed by atoms with Crippen molar-refractivity contribution in [2.75, 3.05) is 31.6 Å². The molecule has 2 aliphatic rings. The summed E-state index contributed by atoms with van der Waals surface area (Å²) >= 11 is 5.25. The summed E-state index contributed by atoms with van der Waals surface area (Å²) in [5, 5.41) is 5.31. The molecule has 1 aromatic heterocycles. The number of benzene rings is 1. The lowest BCUT2D eigenvalue weighted by Crippen LogP contribution is -2.34. The zero-order valence-corrected chi connectivity index (χ0v) is 16.1. The fourth-order valence-electron chi connectivity index (χ4n) is 3.31. The number of carbonyl (C=O) groups is 1. The Kier molecular flexibility index (Phi) is 4.85. The topological polar surface area (TPSA) is 50.8 Å². The summed E-state index contributed by atoms with van der Waals surface area (Å²) < 4.78 is 12.0. The molecule has 1 amide bonds. The SMILES string of the molecule is O=C(CNc1cc2c(cc1Br)OCCO2)N1CCCC1c1cccs1. The van der Waals surface area contributed by atoms with Crippen LogP contribution >= 0.6 is 27.3 Å². The Hall–Kier alpha value is -1.73. The highest BCUT2D eigenvalue weighted by molar-refractivity contribution is 9.10. The molecular weight excluding hydrogens is 404 g/mol. The number of fused-ring (bicyclic) bond motifs is 1. The first-order chi connectivity index (χ1) is 12.2. The van der Waals surface area contributed by atoms with Crippen LogP contribution in [0.15, 0.2) is 34.1 Å². The first-order valence-electron chi connectivity index (χ1n) is 8.38. The van der Waals surface area contributed by atoms with Crippen molar-refractivity contribution in [3.8, 4) is 11.5 Å². The van der Waals surface area contributed by atoms with E-state index in [1.165, 1.54) is 4.88 Å². The lowest BCUT2D eigenvalue weighted by atomic mass is 10.2. The summed E-state index contributed by atoms with van der Waals surface area (Å²) in [6, 6.07) is 8.15. The maximum atomic E-state index is 12.7. The predicted octanol–water partition coefficient (Wildman–Crippen LogP) is 4.06. The Balaban J connectivity index is 1.43. The summed E-state index contributed by atoms with van der Waals surface area (Å²) in [5.74, 6) is 1.56. The van der Waals surface area contributed by atoms with E-state index in [1.807, 2.05) is 23.1 Å². The average Bonchev–Trinajstić information content (AvgIpc) is 3.30. The van der Waals surface area contributed by atoms with Gasteiger partial charge < -0.3 is 19.7 Å². The summed E-state index contributed by atoms with van der Waals surface area (Å²) in [5.41, 5.74) is 0.837. The molecule has 0 saturated carbocycles. The van der Waals surface area contributed by atoms with Crippen LogP contribution in [0.25, 0.3) is 0 Å². The predicted molar refractivity (Wildman–Crippen MR) is 102 cm³/mol. The van der Waals surface area contributed by atoms with Gasteiger partial charge in [-0.3, -0.25) is 4.79 Å². The number of anilines is 1. The van der Waals surface area contributed by atoms with Gasteiger partial charge in [-0.1, -0.05) is 6.07 Å². The van der Waals surface area contributed by atoms with E-state index in [1.54, 1.807) is 11.3 Å². The largest absolute Gasteiger partial charge is 0.486 e. The lowest BCUT2D eigenvalue weighted by Gasteiger charge is -2.25. The highest BCUT2D eigenvalue weighted by Gasteiger charge is 2.30. The number of nitrogens with one attached hydrogen (secondary N) is 1. The smallest absolute Gasteiger partial charge is 0.242 e. The zero-order chi connectivity index (χ0) is 17.2. The summed E-state index contributed by atoms with van der Waals surface area (Å²) in [6.07, 6.45) is 2.10.